The van der Waals surface area contributed by atoms with E-state index in [1.54, 1.807) is 0 Å². The first-order chi connectivity index (χ1) is 9.09. The summed E-state index contributed by atoms with van der Waals surface area (Å²) in [6.45, 7) is 1.01. The zero-order valence-electron chi connectivity index (χ0n) is 9.97. The topological polar surface area (TPSA) is 94.4 Å². The third kappa shape index (κ3) is 3.18. The molecule has 2 heterocycles. The number of aromatic nitrogens is 1. The second-order valence-electron chi connectivity index (χ2n) is 4.10. The Morgan fingerprint density at radius 3 is 3.11 bits per heavy atom. The molecule has 0 aromatic carbocycles. The maximum absolute atomic E-state index is 11.9. The Bertz CT molecular complexity index is 503. The molecule has 7 nitrogen and oxygen atoms in total. The number of halogens is 1. The summed E-state index contributed by atoms with van der Waals surface area (Å²) in [7, 11) is 0. The summed E-state index contributed by atoms with van der Waals surface area (Å²) in [4.78, 5) is 25.7. The molecule has 1 aromatic rings. The molecule has 1 aromatic heterocycles. The molecule has 1 amide bonds. The number of carbonyl (C=O) groups is 1. The molecule has 102 valence electrons. The minimum atomic E-state index is -0.712. The third-order valence-electron chi connectivity index (χ3n) is 2.82. The van der Waals surface area contributed by atoms with Crippen LogP contribution in [0.3, 0.4) is 0 Å². The normalized spacial score (nSPS) is 18.3. The molecule has 0 bridgehead atoms. The maximum atomic E-state index is 11.9. The number of rotatable bonds is 4. The molecule has 0 spiro atoms. The minimum Gasteiger partial charge on any atom is -0.376 e. The van der Waals surface area contributed by atoms with E-state index in [1.165, 1.54) is 12.3 Å². The van der Waals surface area contributed by atoms with Gasteiger partial charge in [-0.1, -0.05) is 11.6 Å². The van der Waals surface area contributed by atoms with Crippen LogP contribution in [-0.4, -0.2) is 35.1 Å². The lowest BCUT2D eigenvalue weighted by Crippen LogP contribution is -2.32. The quantitative estimate of drug-likeness (QED) is 0.514. The number of carbonyl (C=O) groups excluding carboxylic acids is 1. The molecule has 1 unspecified atom stereocenters. The number of ether oxygens (including phenoxy) is 1. The lowest BCUT2D eigenvalue weighted by Gasteiger charge is -2.10. The number of hydrogen-bond donors (Lipinski definition) is 1. The molecule has 1 aliphatic rings. The van der Waals surface area contributed by atoms with Crippen molar-refractivity contribution in [2.45, 2.75) is 18.9 Å². The van der Waals surface area contributed by atoms with Crippen LogP contribution in [0.15, 0.2) is 12.3 Å². The van der Waals surface area contributed by atoms with Gasteiger partial charge in [0.15, 0.2) is 0 Å². The zero-order valence-corrected chi connectivity index (χ0v) is 10.7. The molecule has 1 N–H and O–H groups in total. The van der Waals surface area contributed by atoms with Crippen molar-refractivity contribution in [3.8, 4) is 0 Å². The second-order valence-corrected chi connectivity index (χ2v) is 4.46. The summed E-state index contributed by atoms with van der Waals surface area (Å²) < 4.78 is 5.35. The molecule has 0 aliphatic carbocycles. The van der Waals surface area contributed by atoms with Gasteiger partial charge in [-0.2, -0.15) is 0 Å². The molecular formula is C11H12ClN3O4. The molecule has 1 saturated heterocycles. The van der Waals surface area contributed by atoms with E-state index in [2.05, 4.69) is 10.3 Å². The van der Waals surface area contributed by atoms with Gasteiger partial charge in [0.05, 0.1) is 11.0 Å². The number of amides is 1. The fourth-order valence-corrected chi connectivity index (χ4v) is 2.12. The number of hydrogen-bond acceptors (Lipinski definition) is 5. The number of pyridine rings is 1. The van der Waals surface area contributed by atoms with Gasteiger partial charge in [-0.25, -0.2) is 4.98 Å². The van der Waals surface area contributed by atoms with E-state index in [4.69, 9.17) is 16.3 Å². The summed E-state index contributed by atoms with van der Waals surface area (Å²) in [5, 5.41) is 13.2. The molecule has 8 heteroatoms. The minimum absolute atomic E-state index is 0.0275. The molecule has 19 heavy (non-hydrogen) atoms. The summed E-state index contributed by atoms with van der Waals surface area (Å²) in [5.74, 6) is -0.550. The van der Waals surface area contributed by atoms with Crippen molar-refractivity contribution in [3.05, 3.63) is 33.1 Å². The highest BCUT2D eigenvalue weighted by molar-refractivity contribution is 6.32. The summed E-state index contributed by atoms with van der Waals surface area (Å²) >= 11 is 5.64. The average molecular weight is 286 g/mol. The van der Waals surface area contributed by atoms with Crippen molar-refractivity contribution in [1.29, 1.82) is 0 Å². The molecule has 0 saturated carbocycles. The number of nitrogens with one attached hydrogen (secondary N) is 1. The van der Waals surface area contributed by atoms with Crippen molar-refractivity contribution < 1.29 is 14.5 Å². The van der Waals surface area contributed by atoms with E-state index in [9.17, 15) is 14.9 Å². The van der Waals surface area contributed by atoms with E-state index < -0.39 is 16.5 Å². The highest BCUT2D eigenvalue weighted by Gasteiger charge is 2.25. The van der Waals surface area contributed by atoms with Gasteiger partial charge in [-0.05, 0) is 18.9 Å². The Morgan fingerprint density at radius 1 is 1.68 bits per heavy atom. The Kier molecular flexibility index (Phi) is 4.28. The molecule has 1 fully saturated rings. The zero-order chi connectivity index (χ0) is 13.8. The van der Waals surface area contributed by atoms with Crippen LogP contribution >= 0.6 is 11.6 Å². The highest BCUT2D eigenvalue weighted by atomic mass is 35.5. The van der Waals surface area contributed by atoms with Crippen LogP contribution in [0.2, 0.25) is 5.15 Å². The van der Waals surface area contributed by atoms with E-state index in [-0.39, 0.29) is 16.8 Å². The predicted octanol–water partition coefficient (Wildman–Crippen LogP) is 1.55. The first-order valence-corrected chi connectivity index (χ1v) is 6.16. The van der Waals surface area contributed by atoms with Crippen LogP contribution in [0.25, 0.3) is 0 Å². The van der Waals surface area contributed by atoms with Crippen LogP contribution in [0, 0.1) is 10.1 Å². The van der Waals surface area contributed by atoms with E-state index in [0.29, 0.717) is 13.2 Å². The van der Waals surface area contributed by atoms with Crippen molar-refractivity contribution in [2.75, 3.05) is 13.2 Å². The first kappa shape index (κ1) is 13.7. The van der Waals surface area contributed by atoms with Gasteiger partial charge >= 0.3 is 5.69 Å². The van der Waals surface area contributed by atoms with Crippen molar-refractivity contribution >= 4 is 23.2 Å². The summed E-state index contributed by atoms with van der Waals surface area (Å²) in [6, 6.07) is 1.27. The molecule has 0 radical (unpaired) electrons. The van der Waals surface area contributed by atoms with Crippen LogP contribution in [0.1, 0.15) is 23.2 Å². The van der Waals surface area contributed by atoms with Gasteiger partial charge in [0.2, 0.25) is 5.15 Å². The lowest BCUT2D eigenvalue weighted by molar-refractivity contribution is -0.385. The second kappa shape index (κ2) is 5.94. The SMILES string of the molecule is O=C(NCC1CCCO1)c1ccnc(Cl)c1[N+](=O)[O-]. The van der Waals surface area contributed by atoms with Gasteiger partial charge in [0.25, 0.3) is 5.91 Å². The van der Waals surface area contributed by atoms with E-state index >= 15 is 0 Å². The van der Waals surface area contributed by atoms with Crippen LogP contribution in [0.4, 0.5) is 5.69 Å². The monoisotopic (exact) mass is 285 g/mol. The largest absolute Gasteiger partial charge is 0.376 e. The van der Waals surface area contributed by atoms with Crippen molar-refractivity contribution in [1.82, 2.24) is 10.3 Å². The molecule has 1 atom stereocenters. The lowest BCUT2D eigenvalue weighted by atomic mass is 10.2. The van der Waals surface area contributed by atoms with Crippen molar-refractivity contribution in [2.24, 2.45) is 0 Å². The Labute approximate surface area is 114 Å². The van der Waals surface area contributed by atoms with Gasteiger partial charge < -0.3 is 10.1 Å². The fourth-order valence-electron chi connectivity index (χ4n) is 1.89. The Morgan fingerprint density at radius 2 is 2.47 bits per heavy atom. The van der Waals surface area contributed by atoms with Crippen LogP contribution in [0.5, 0.6) is 0 Å². The van der Waals surface area contributed by atoms with E-state index in [0.717, 1.165) is 12.8 Å². The van der Waals surface area contributed by atoms with Gasteiger partial charge in [0, 0.05) is 19.3 Å². The molecule has 1 aliphatic heterocycles. The van der Waals surface area contributed by atoms with Gasteiger partial charge in [0.1, 0.15) is 5.56 Å². The first-order valence-electron chi connectivity index (χ1n) is 5.78. The Balaban J connectivity index is 2.10. The van der Waals surface area contributed by atoms with Gasteiger partial charge in [-0.3, -0.25) is 14.9 Å². The van der Waals surface area contributed by atoms with E-state index in [1.807, 2.05) is 0 Å². The third-order valence-corrected chi connectivity index (χ3v) is 3.10. The smallest absolute Gasteiger partial charge is 0.319 e. The van der Waals surface area contributed by atoms with Crippen LogP contribution < -0.4 is 5.32 Å². The summed E-state index contributed by atoms with van der Waals surface area (Å²) in [6.07, 6.45) is 3.07. The van der Waals surface area contributed by atoms with Gasteiger partial charge in [-0.15, -0.1) is 0 Å². The number of nitrogens with zero attached hydrogens (tertiary/aromatic N) is 2. The predicted molar refractivity (Wildman–Crippen MR) is 67.2 cm³/mol. The van der Waals surface area contributed by atoms with Crippen molar-refractivity contribution in [3.63, 3.8) is 0 Å². The van der Waals surface area contributed by atoms with Crippen LogP contribution in [-0.2, 0) is 4.74 Å². The molecular weight excluding hydrogens is 274 g/mol. The highest BCUT2D eigenvalue weighted by Crippen LogP contribution is 2.25. The fraction of sp³-hybridized carbons (Fsp3) is 0.455. The Hall–Kier alpha value is -1.73. The number of nitro groups is 1. The maximum Gasteiger partial charge on any atom is 0.319 e. The average Bonchev–Trinajstić information content (AvgIpc) is 2.88. The standard InChI is InChI=1S/C11H12ClN3O4/c12-10-9(15(17)18)8(3-4-13-10)11(16)14-6-7-2-1-5-19-7/h3-4,7H,1-2,5-6H2,(H,14,16). The summed E-state index contributed by atoms with van der Waals surface area (Å²) in [5.41, 5.74) is -0.572. The molecule has 2 rings (SSSR count).